The SMILES string of the molecule is CC1CC=CC=C1CCCNc1ncc(C(N)C2=CCC(C)(F)C=C2)nn1. The summed E-state index contributed by atoms with van der Waals surface area (Å²) in [6.45, 7) is 4.61. The highest BCUT2D eigenvalue weighted by atomic mass is 19.1. The van der Waals surface area contributed by atoms with E-state index < -0.39 is 11.7 Å². The number of alkyl halides is 1. The molecule has 2 aliphatic rings. The van der Waals surface area contributed by atoms with Crippen molar-refractivity contribution in [1.29, 1.82) is 0 Å². The summed E-state index contributed by atoms with van der Waals surface area (Å²) in [7, 11) is 0. The number of rotatable bonds is 7. The number of hydrogen-bond acceptors (Lipinski definition) is 5. The number of anilines is 1. The average Bonchev–Trinajstić information content (AvgIpc) is 2.66. The Kier molecular flexibility index (Phi) is 6.16. The molecule has 3 unspecified atom stereocenters. The molecule has 3 N–H and O–H groups in total. The maximum atomic E-state index is 13.8. The molecule has 0 aliphatic heterocycles. The third kappa shape index (κ3) is 5.32. The quantitative estimate of drug-likeness (QED) is 0.705. The van der Waals surface area contributed by atoms with Crippen LogP contribution in [0.5, 0.6) is 0 Å². The van der Waals surface area contributed by atoms with Crippen LogP contribution in [0.15, 0.2) is 53.8 Å². The second-order valence-electron chi connectivity index (χ2n) is 7.54. The van der Waals surface area contributed by atoms with Gasteiger partial charge >= 0.3 is 0 Å². The number of nitrogens with two attached hydrogens (primary N) is 1. The third-order valence-electron chi connectivity index (χ3n) is 5.11. The molecule has 0 saturated heterocycles. The van der Waals surface area contributed by atoms with Crippen molar-refractivity contribution in [1.82, 2.24) is 15.2 Å². The fraction of sp³-hybridized carbons (Fsp3) is 0.476. The molecule has 0 bridgehead atoms. The first-order chi connectivity index (χ1) is 12.9. The van der Waals surface area contributed by atoms with E-state index in [9.17, 15) is 4.39 Å². The van der Waals surface area contributed by atoms with Crippen LogP contribution in [0, 0.1) is 5.92 Å². The van der Waals surface area contributed by atoms with Crippen molar-refractivity contribution in [3.05, 3.63) is 59.5 Å². The highest BCUT2D eigenvalue weighted by Gasteiger charge is 2.23. The van der Waals surface area contributed by atoms with Crippen LogP contribution >= 0.6 is 0 Å². The summed E-state index contributed by atoms with van der Waals surface area (Å²) >= 11 is 0. The average molecular weight is 369 g/mol. The molecule has 0 aromatic carbocycles. The Balaban J connectivity index is 1.47. The molecule has 2 aliphatic carbocycles. The lowest BCUT2D eigenvalue weighted by Crippen LogP contribution is -2.21. The van der Waals surface area contributed by atoms with E-state index in [2.05, 4.69) is 45.6 Å². The second kappa shape index (κ2) is 8.57. The van der Waals surface area contributed by atoms with Crippen molar-refractivity contribution in [3.8, 4) is 0 Å². The van der Waals surface area contributed by atoms with Crippen LogP contribution in [0.25, 0.3) is 0 Å². The molecule has 144 valence electrons. The number of halogens is 1. The molecule has 3 atom stereocenters. The predicted molar refractivity (Wildman–Crippen MR) is 107 cm³/mol. The minimum Gasteiger partial charge on any atom is -0.353 e. The Morgan fingerprint density at radius 2 is 2.26 bits per heavy atom. The predicted octanol–water partition coefficient (Wildman–Crippen LogP) is 4.20. The van der Waals surface area contributed by atoms with E-state index in [4.69, 9.17) is 5.73 Å². The fourth-order valence-corrected chi connectivity index (χ4v) is 3.24. The molecule has 0 fully saturated rings. The number of aromatic nitrogens is 3. The van der Waals surface area contributed by atoms with Gasteiger partial charge < -0.3 is 11.1 Å². The van der Waals surface area contributed by atoms with Gasteiger partial charge in [-0.3, -0.25) is 0 Å². The lowest BCUT2D eigenvalue weighted by atomic mass is 9.90. The Morgan fingerprint density at radius 1 is 1.41 bits per heavy atom. The van der Waals surface area contributed by atoms with Crippen LogP contribution < -0.4 is 11.1 Å². The van der Waals surface area contributed by atoms with Crippen LogP contribution in [0.4, 0.5) is 10.3 Å². The molecule has 1 aromatic heterocycles. The van der Waals surface area contributed by atoms with Gasteiger partial charge in [-0.25, -0.2) is 9.37 Å². The van der Waals surface area contributed by atoms with Gasteiger partial charge in [0.15, 0.2) is 0 Å². The summed E-state index contributed by atoms with van der Waals surface area (Å²) < 4.78 is 13.8. The lowest BCUT2D eigenvalue weighted by molar-refractivity contribution is 0.258. The third-order valence-corrected chi connectivity index (χ3v) is 5.11. The van der Waals surface area contributed by atoms with Gasteiger partial charge in [-0.1, -0.05) is 42.9 Å². The first-order valence-electron chi connectivity index (χ1n) is 9.57. The number of hydrogen-bond donors (Lipinski definition) is 2. The normalized spacial score (nSPS) is 25.7. The molecule has 0 saturated carbocycles. The van der Waals surface area contributed by atoms with Gasteiger partial charge in [0.2, 0.25) is 5.95 Å². The number of allylic oxidation sites excluding steroid dienone is 6. The summed E-state index contributed by atoms with van der Waals surface area (Å²) in [5.74, 6) is 1.13. The summed E-state index contributed by atoms with van der Waals surface area (Å²) in [6.07, 6.45) is 16.8. The van der Waals surface area contributed by atoms with Crippen molar-refractivity contribution in [2.45, 2.75) is 51.2 Å². The maximum absolute atomic E-state index is 13.8. The molecular formula is C21H28FN5. The van der Waals surface area contributed by atoms with E-state index in [1.807, 2.05) is 6.08 Å². The topological polar surface area (TPSA) is 76.7 Å². The molecule has 27 heavy (non-hydrogen) atoms. The molecule has 0 amide bonds. The van der Waals surface area contributed by atoms with Gasteiger partial charge in [0.05, 0.1) is 12.2 Å². The van der Waals surface area contributed by atoms with E-state index in [0.717, 1.165) is 31.4 Å². The summed E-state index contributed by atoms with van der Waals surface area (Å²) in [4.78, 5) is 4.31. The van der Waals surface area contributed by atoms with E-state index >= 15 is 0 Å². The van der Waals surface area contributed by atoms with Crippen LogP contribution in [0.3, 0.4) is 0 Å². The largest absolute Gasteiger partial charge is 0.353 e. The molecule has 5 nitrogen and oxygen atoms in total. The highest BCUT2D eigenvalue weighted by molar-refractivity contribution is 5.35. The summed E-state index contributed by atoms with van der Waals surface area (Å²) in [6, 6.07) is -0.445. The van der Waals surface area contributed by atoms with Gasteiger partial charge in [-0.05, 0) is 43.8 Å². The smallest absolute Gasteiger partial charge is 0.242 e. The van der Waals surface area contributed by atoms with Gasteiger partial charge in [0.1, 0.15) is 11.4 Å². The summed E-state index contributed by atoms with van der Waals surface area (Å²) in [5, 5.41) is 11.5. The van der Waals surface area contributed by atoms with Gasteiger partial charge in [-0.15, -0.1) is 10.2 Å². The van der Waals surface area contributed by atoms with Gasteiger partial charge in [0.25, 0.3) is 0 Å². The van der Waals surface area contributed by atoms with Crippen LogP contribution in [-0.2, 0) is 0 Å². The van der Waals surface area contributed by atoms with E-state index in [1.165, 1.54) is 11.6 Å². The maximum Gasteiger partial charge on any atom is 0.242 e. The zero-order chi connectivity index (χ0) is 19.3. The monoisotopic (exact) mass is 369 g/mol. The molecule has 0 radical (unpaired) electrons. The zero-order valence-electron chi connectivity index (χ0n) is 16.0. The minimum atomic E-state index is -1.30. The van der Waals surface area contributed by atoms with Gasteiger partial charge in [0, 0.05) is 13.0 Å². The lowest BCUT2D eigenvalue weighted by Gasteiger charge is -2.21. The molecule has 3 rings (SSSR count). The van der Waals surface area contributed by atoms with Crippen molar-refractivity contribution in [2.75, 3.05) is 11.9 Å². The Morgan fingerprint density at radius 3 is 2.93 bits per heavy atom. The first-order valence-corrected chi connectivity index (χ1v) is 9.57. The van der Waals surface area contributed by atoms with Crippen LogP contribution in [-0.4, -0.2) is 27.4 Å². The Bertz CT molecular complexity index is 761. The first kappa shape index (κ1) is 19.4. The highest BCUT2D eigenvalue weighted by Crippen LogP contribution is 2.29. The molecule has 0 spiro atoms. The van der Waals surface area contributed by atoms with E-state index in [1.54, 1.807) is 19.2 Å². The molecule has 1 heterocycles. The van der Waals surface area contributed by atoms with Crippen LogP contribution in [0.2, 0.25) is 0 Å². The van der Waals surface area contributed by atoms with Crippen molar-refractivity contribution in [3.63, 3.8) is 0 Å². The minimum absolute atomic E-state index is 0.317. The van der Waals surface area contributed by atoms with E-state index in [-0.39, 0.29) is 0 Å². The molecular weight excluding hydrogens is 341 g/mol. The number of nitrogens with one attached hydrogen (secondary N) is 1. The number of nitrogens with zero attached hydrogens (tertiary/aromatic N) is 3. The zero-order valence-corrected chi connectivity index (χ0v) is 16.0. The van der Waals surface area contributed by atoms with Crippen molar-refractivity contribution in [2.24, 2.45) is 11.7 Å². The van der Waals surface area contributed by atoms with Gasteiger partial charge in [-0.2, -0.15) is 0 Å². The van der Waals surface area contributed by atoms with Crippen molar-refractivity contribution < 1.29 is 4.39 Å². The van der Waals surface area contributed by atoms with E-state index in [0.29, 0.717) is 24.0 Å². The molecule has 6 heteroatoms. The Hall–Kier alpha value is -2.34. The standard InChI is InChI=1S/C21H28FN5/c1-15-6-3-4-7-16(15)8-5-13-24-20-25-14-18(26-27-20)19(23)17-9-11-21(2,22)12-10-17/h3-4,7,9-11,14-15,19H,5-6,8,12-13,23H2,1-2H3,(H,24,25,27). The Labute approximate surface area is 160 Å². The molecule has 1 aromatic rings. The van der Waals surface area contributed by atoms with Crippen LogP contribution in [0.1, 0.15) is 51.3 Å². The second-order valence-corrected chi connectivity index (χ2v) is 7.54. The van der Waals surface area contributed by atoms with Crippen molar-refractivity contribution >= 4 is 5.95 Å². The fourth-order valence-electron chi connectivity index (χ4n) is 3.24. The summed E-state index contributed by atoms with van der Waals surface area (Å²) in [5.41, 5.74) is 7.82.